The molecule has 0 saturated heterocycles. The van der Waals surface area contributed by atoms with Crippen LogP contribution in [0.4, 0.5) is 0 Å². The minimum absolute atomic E-state index is 0.243. The normalized spacial score (nSPS) is 12.4. The molecule has 0 atom stereocenters. The van der Waals surface area contributed by atoms with Crippen molar-refractivity contribution in [1.29, 1.82) is 0 Å². The Kier molecular flexibility index (Phi) is 5.03. The van der Waals surface area contributed by atoms with Gasteiger partial charge in [-0.05, 0) is 41.0 Å². The van der Waals surface area contributed by atoms with Crippen LogP contribution in [0.2, 0.25) is 0 Å². The number of nitrogens with zero attached hydrogens (tertiary/aromatic N) is 3. The lowest BCUT2D eigenvalue weighted by molar-refractivity contribution is 0.0697. The molecule has 3 heterocycles. The molecule has 0 bridgehead atoms. The zero-order valence-corrected chi connectivity index (χ0v) is 19.1. The van der Waals surface area contributed by atoms with E-state index in [1.807, 2.05) is 84.7 Å². The molecule has 1 aliphatic heterocycles. The molecule has 0 saturated carbocycles. The molecule has 2 aromatic heterocycles. The third-order valence-electron chi connectivity index (χ3n) is 6.47. The number of hydrogen-bond acceptors (Lipinski definition) is 4. The van der Waals surface area contributed by atoms with Crippen LogP contribution < -0.4 is 9.47 Å². The van der Waals surface area contributed by atoms with Gasteiger partial charge in [0.05, 0.1) is 29.8 Å². The van der Waals surface area contributed by atoms with Crippen molar-refractivity contribution in [2.75, 3.05) is 6.79 Å². The molecule has 1 aliphatic rings. The smallest absolute Gasteiger partial charge is 0.337 e. The average molecular weight is 466 g/mol. The summed E-state index contributed by atoms with van der Waals surface area (Å²) in [6, 6.07) is 19.9. The van der Waals surface area contributed by atoms with Crippen molar-refractivity contribution in [3.63, 3.8) is 0 Å². The summed E-state index contributed by atoms with van der Waals surface area (Å²) >= 11 is 0. The first-order chi connectivity index (χ1) is 17.1. The minimum Gasteiger partial charge on any atom is -0.478 e. The van der Waals surface area contributed by atoms with Crippen LogP contribution >= 0.6 is 0 Å². The Labute approximate surface area is 201 Å². The summed E-state index contributed by atoms with van der Waals surface area (Å²) < 4.78 is 14.9. The van der Waals surface area contributed by atoms with E-state index < -0.39 is 5.97 Å². The van der Waals surface area contributed by atoms with Crippen LogP contribution in [-0.4, -0.2) is 32.0 Å². The van der Waals surface area contributed by atoms with Crippen molar-refractivity contribution in [2.24, 2.45) is 0 Å². The van der Waals surface area contributed by atoms with Crippen LogP contribution in [0.15, 0.2) is 79.4 Å². The second-order valence-electron chi connectivity index (χ2n) is 8.68. The molecule has 0 unspecified atom stereocenters. The fourth-order valence-electron chi connectivity index (χ4n) is 4.70. The van der Waals surface area contributed by atoms with Crippen molar-refractivity contribution in [1.82, 2.24) is 14.1 Å². The van der Waals surface area contributed by atoms with Gasteiger partial charge in [-0.2, -0.15) is 0 Å². The minimum atomic E-state index is -0.947. The molecule has 0 aliphatic carbocycles. The summed E-state index contributed by atoms with van der Waals surface area (Å²) in [5.74, 6) is 0.555. The lowest BCUT2D eigenvalue weighted by Crippen LogP contribution is -2.08. The first kappa shape index (κ1) is 21.0. The first-order valence-corrected chi connectivity index (χ1v) is 11.4. The largest absolute Gasteiger partial charge is 0.478 e. The van der Waals surface area contributed by atoms with Crippen LogP contribution in [-0.2, 0) is 13.1 Å². The second kappa shape index (κ2) is 8.36. The number of carboxylic acid groups (broad SMARTS) is 1. The molecule has 0 spiro atoms. The predicted octanol–water partition coefficient (Wildman–Crippen LogP) is 5.34. The molecule has 0 fully saturated rings. The van der Waals surface area contributed by atoms with Gasteiger partial charge in [-0.3, -0.25) is 0 Å². The van der Waals surface area contributed by atoms with E-state index >= 15 is 0 Å². The summed E-state index contributed by atoms with van der Waals surface area (Å²) in [6.45, 7) is 3.34. The van der Waals surface area contributed by atoms with Gasteiger partial charge in [-0.1, -0.05) is 48.5 Å². The highest BCUT2D eigenvalue weighted by atomic mass is 16.7. The number of carbonyl (C=O) groups is 1. The Balaban J connectivity index is 1.35. The summed E-state index contributed by atoms with van der Waals surface area (Å²) in [6.07, 6.45) is 5.45. The Morgan fingerprint density at radius 2 is 1.80 bits per heavy atom. The van der Waals surface area contributed by atoms with Gasteiger partial charge in [0.1, 0.15) is 0 Å². The Morgan fingerprint density at radius 3 is 2.69 bits per heavy atom. The third-order valence-corrected chi connectivity index (χ3v) is 6.47. The summed E-state index contributed by atoms with van der Waals surface area (Å²) in [5.41, 5.74) is 4.88. The maximum atomic E-state index is 12.2. The molecule has 174 valence electrons. The number of imidazole rings is 1. The monoisotopic (exact) mass is 465 g/mol. The van der Waals surface area contributed by atoms with E-state index in [0.717, 1.165) is 44.8 Å². The average Bonchev–Trinajstić information content (AvgIpc) is 3.59. The zero-order chi connectivity index (χ0) is 23.9. The Hall–Kier alpha value is -4.52. The number of fused-ring (bicyclic) bond motifs is 2. The van der Waals surface area contributed by atoms with Gasteiger partial charge in [-0.15, -0.1) is 0 Å². The number of aromatic carboxylic acids is 1. The predicted molar refractivity (Wildman–Crippen MR) is 132 cm³/mol. The molecular weight excluding hydrogens is 442 g/mol. The fraction of sp³-hybridized carbons (Fsp3) is 0.143. The van der Waals surface area contributed by atoms with Crippen molar-refractivity contribution >= 4 is 16.7 Å². The van der Waals surface area contributed by atoms with Crippen molar-refractivity contribution in [3.8, 4) is 22.6 Å². The molecule has 6 rings (SSSR count). The van der Waals surface area contributed by atoms with E-state index in [-0.39, 0.29) is 12.4 Å². The van der Waals surface area contributed by atoms with E-state index in [2.05, 4.69) is 9.55 Å². The highest BCUT2D eigenvalue weighted by molar-refractivity contribution is 6.03. The third kappa shape index (κ3) is 3.81. The van der Waals surface area contributed by atoms with Crippen LogP contribution in [0.25, 0.3) is 21.9 Å². The molecule has 7 nitrogen and oxygen atoms in total. The van der Waals surface area contributed by atoms with E-state index in [0.29, 0.717) is 18.7 Å². The maximum Gasteiger partial charge on any atom is 0.337 e. The summed E-state index contributed by atoms with van der Waals surface area (Å²) in [5, 5.41) is 12.1. The topological polar surface area (TPSA) is 78.5 Å². The first-order valence-electron chi connectivity index (χ1n) is 11.4. The molecule has 5 aromatic rings. The van der Waals surface area contributed by atoms with E-state index in [1.165, 1.54) is 0 Å². The number of aryl methyl sites for hydroxylation is 1. The molecular formula is C28H23N3O4. The van der Waals surface area contributed by atoms with E-state index in [9.17, 15) is 9.90 Å². The maximum absolute atomic E-state index is 12.2. The highest BCUT2D eigenvalue weighted by Crippen LogP contribution is 2.34. The highest BCUT2D eigenvalue weighted by Gasteiger charge is 2.19. The number of benzene rings is 3. The van der Waals surface area contributed by atoms with Gasteiger partial charge >= 0.3 is 5.97 Å². The molecule has 1 N–H and O–H groups in total. The summed E-state index contributed by atoms with van der Waals surface area (Å²) in [7, 11) is 0. The SMILES string of the molecule is Cc1ncn(Cc2ccc3c(c2)OCO3)c1Cn1cc(C(=O)O)c(-c2cccc3ccccc23)c1. The lowest BCUT2D eigenvalue weighted by atomic mass is 9.98. The second-order valence-corrected chi connectivity index (χ2v) is 8.68. The summed E-state index contributed by atoms with van der Waals surface area (Å²) in [4.78, 5) is 16.7. The standard InChI is InChI=1S/C28H23N3O4/c1-18-25(31(16-29-18)12-19-9-10-26-27(11-19)35-17-34-26)15-30-13-23(24(14-30)28(32)33)22-8-4-6-20-5-2-3-7-21(20)22/h2-11,13-14,16H,12,15,17H2,1H3,(H,32,33). The van der Waals surface area contributed by atoms with Gasteiger partial charge in [0, 0.05) is 24.5 Å². The van der Waals surface area contributed by atoms with Gasteiger partial charge in [0.25, 0.3) is 0 Å². The van der Waals surface area contributed by atoms with Crippen LogP contribution in [0.1, 0.15) is 27.3 Å². The number of ether oxygens (including phenoxy) is 2. The lowest BCUT2D eigenvalue weighted by Gasteiger charge is -2.11. The molecule has 7 heteroatoms. The number of carboxylic acids is 1. The molecule has 35 heavy (non-hydrogen) atoms. The van der Waals surface area contributed by atoms with Crippen molar-refractivity contribution in [2.45, 2.75) is 20.0 Å². The molecule has 3 aromatic carbocycles. The van der Waals surface area contributed by atoms with Crippen molar-refractivity contribution in [3.05, 3.63) is 102 Å². The van der Waals surface area contributed by atoms with Gasteiger partial charge in [-0.25, -0.2) is 9.78 Å². The zero-order valence-electron chi connectivity index (χ0n) is 19.1. The molecule has 0 radical (unpaired) electrons. The number of aromatic nitrogens is 3. The van der Waals surface area contributed by atoms with Gasteiger partial charge in [0.15, 0.2) is 11.5 Å². The number of rotatable bonds is 6. The fourth-order valence-corrected chi connectivity index (χ4v) is 4.70. The van der Waals surface area contributed by atoms with Crippen LogP contribution in [0.5, 0.6) is 11.5 Å². The quantitative estimate of drug-likeness (QED) is 0.366. The van der Waals surface area contributed by atoms with Gasteiger partial charge in [0.2, 0.25) is 6.79 Å². The van der Waals surface area contributed by atoms with E-state index in [4.69, 9.17) is 9.47 Å². The van der Waals surface area contributed by atoms with E-state index in [1.54, 1.807) is 6.20 Å². The Morgan fingerprint density at radius 1 is 0.971 bits per heavy atom. The van der Waals surface area contributed by atoms with Gasteiger partial charge < -0.3 is 23.7 Å². The number of hydrogen-bond donors (Lipinski definition) is 1. The van der Waals surface area contributed by atoms with Crippen LogP contribution in [0.3, 0.4) is 0 Å². The molecule has 0 amide bonds. The Bertz CT molecular complexity index is 1580. The van der Waals surface area contributed by atoms with Crippen molar-refractivity contribution < 1.29 is 19.4 Å². The van der Waals surface area contributed by atoms with Crippen LogP contribution in [0, 0.1) is 6.92 Å².